The van der Waals surface area contributed by atoms with Crippen LogP contribution in [0.3, 0.4) is 0 Å². The monoisotopic (exact) mass is 437 g/mol. The van der Waals surface area contributed by atoms with E-state index in [0.29, 0.717) is 22.7 Å². The highest BCUT2D eigenvalue weighted by Gasteiger charge is 2.34. The summed E-state index contributed by atoms with van der Waals surface area (Å²) in [5.74, 6) is -1.50. The third kappa shape index (κ3) is 3.79. The van der Waals surface area contributed by atoms with E-state index in [9.17, 15) is 28.1 Å². The minimum atomic E-state index is -4.84. The third-order valence-corrected chi connectivity index (χ3v) is 4.65. The van der Waals surface area contributed by atoms with Gasteiger partial charge in [0.2, 0.25) is 5.95 Å². The number of rotatable bonds is 3. The van der Waals surface area contributed by atoms with Crippen LogP contribution in [-0.2, 0) is 12.7 Å². The number of nitrogens with zero attached hydrogens (tertiary/aromatic N) is 6. The standard InChI is InChI=1S/C21H11F4N7/c22-17-2-1-11(6-16(17)21(23,24)25)10-32-19-15(9-29-32)18(30-20(28)31-19)14-4-12(7-26)3-13(5-14)8-27/h1-6,9H,10H2,(H2,28,30,31). The van der Waals surface area contributed by atoms with Gasteiger partial charge in [0.25, 0.3) is 0 Å². The Hall–Kier alpha value is -4.51. The number of hydrogen-bond donors (Lipinski definition) is 1. The Morgan fingerprint density at radius 1 is 1.00 bits per heavy atom. The first kappa shape index (κ1) is 20.8. The van der Waals surface area contributed by atoms with E-state index in [4.69, 9.17) is 5.73 Å². The lowest BCUT2D eigenvalue weighted by atomic mass is 10.0. The molecular weight excluding hydrogens is 426 g/mol. The Morgan fingerprint density at radius 3 is 2.31 bits per heavy atom. The van der Waals surface area contributed by atoms with Crippen molar-refractivity contribution in [1.82, 2.24) is 19.7 Å². The van der Waals surface area contributed by atoms with Gasteiger partial charge >= 0.3 is 6.18 Å². The second-order valence-electron chi connectivity index (χ2n) is 6.80. The van der Waals surface area contributed by atoms with Gasteiger partial charge < -0.3 is 5.73 Å². The predicted octanol–water partition coefficient (Wildman–Crippen LogP) is 4.03. The highest BCUT2D eigenvalue weighted by atomic mass is 19.4. The van der Waals surface area contributed by atoms with Gasteiger partial charge in [-0.05, 0) is 35.9 Å². The molecule has 2 aromatic heterocycles. The lowest BCUT2D eigenvalue weighted by Crippen LogP contribution is -2.10. The zero-order chi connectivity index (χ0) is 23.0. The van der Waals surface area contributed by atoms with Crippen LogP contribution in [0.5, 0.6) is 0 Å². The number of benzene rings is 2. The van der Waals surface area contributed by atoms with Crippen molar-refractivity contribution in [2.45, 2.75) is 12.7 Å². The molecule has 4 aromatic rings. The van der Waals surface area contributed by atoms with Crippen LogP contribution < -0.4 is 5.73 Å². The van der Waals surface area contributed by atoms with Crippen molar-refractivity contribution in [2.24, 2.45) is 0 Å². The van der Waals surface area contributed by atoms with Crippen LogP contribution in [0, 0.1) is 28.5 Å². The van der Waals surface area contributed by atoms with Gasteiger partial charge in [-0.25, -0.2) is 14.1 Å². The molecule has 0 aliphatic heterocycles. The van der Waals surface area contributed by atoms with E-state index in [1.54, 1.807) is 0 Å². The molecule has 7 nitrogen and oxygen atoms in total. The van der Waals surface area contributed by atoms with Crippen LogP contribution in [0.2, 0.25) is 0 Å². The molecule has 0 unspecified atom stereocenters. The fourth-order valence-corrected chi connectivity index (χ4v) is 3.26. The predicted molar refractivity (Wildman–Crippen MR) is 105 cm³/mol. The number of hydrogen-bond acceptors (Lipinski definition) is 6. The van der Waals surface area contributed by atoms with E-state index in [-0.39, 0.29) is 34.8 Å². The summed E-state index contributed by atoms with van der Waals surface area (Å²) in [5.41, 5.74) is 6.06. The Bertz CT molecular complexity index is 1410. The second kappa shape index (κ2) is 7.63. The summed E-state index contributed by atoms with van der Waals surface area (Å²) in [5, 5.41) is 23.0. The van der Waals surface area contributed by atoms with Crippen LogP contribution in [-0.4, -0.2) is 19.7 Å². The minimum Gasteiger partial charge on any atom is -0.368 e. The average Bonchev–Trinajstić information content (AvgIpc) is 3.15. The molecule has 0 spiro atoms. The van der Waals surface area contributed by atoms with Crippen molar-refractivity contribution in [3.63, 3.8) is 0 Å². The van der Waals surface area contributed by atoms with Crippen molar-refractivity contribution >= 4 is 17.0 Å². The average molecular weight is 437 g/mol. The van der Waals surface area contributed by atoms with Crippen LogP contribution in [0.1, 0.15) is 22.3 Å². The molecule has 0 saturated heterocycles. The summed E-state index contributed by atoms with van der Waals surface area (Å²) in [4.78, 5) is 8.33. The van der Waals surface area contributed by atoms with Gasteiger partial charge in [-0.15, -0.1) is 0 Å². The summed E-state index contributed by atoms with van der Waals surface area (Å²) in [6, 6.07) is 11.1. The van der Waals surface area contributed by atoms with E-state index in [1.807, 2.05) is 12.1 Å². The Kier molecular flexibility index (Phi) is 4.95. The van der Waals surface area contributed by atoms with E-state index in [0.717, 1.165) is 6.07 Å². The SMILES string of the molecule is N#Cc1cc(C#N)cc(-c2nc(N)nc3c2cnn3Cc2ccc(F)c(C(F)(F)F)c2)c1. The Balaban J connectivity index is 1.83. The Morgan fingerprint density at radius 2 is 1.69 bits per heavy atom. The lowest BCUT2D eigenvalue weighted by molar-refractivity contribution is -0.140. The van der Waals surface area contributed by atoms with Crippen LogP contribution >= 0.6 is 0 Å². The summed E-state index contributed by atoms with van der Waals surface area (Å²) in [7, 11) is 0. The van der Waals surface area contributed by atoms with Crippen molar-refractivity contribution < 1.29 is 17.6 Å². The number of alkyl halides is 3. The maximum atomic E-state index is 13.6. The largest absolute Gasteiger partial charge is 0.419 e. The zero-order valence-corrected chi connectivity index (χ0v) is 16.0. The second-order valence-corrected chi connectivity index (χ2v) is 6.80. The molecular formula is C21H11F4N7. The number of nitrogens with two attached hydrogens (primary N) is 1. The van der Waals surface area contributed by atoms with Crippen LogP contribution in [0.4, 0.5) is 23.5 Å². The number of nitriles is 2. The number of halogens is 4. The molecule has 0 atom stereocenters. The molecule has 2 N–H and O–H groups in total. The van der Waals surface area contributed by atoms with Gasteiger partial charge in [-0.3, -0.25) is 0 Å². The quantitative estimate of drug-likeness (QED) is 0.484. The number of nitrogen functional groups attached to an aromatic ring is 1. The molecule has 0 saturated carbocycles. The van der Waals surface area contributed by atoms with Crippen LogP contribution in [0.25, 0.3) is 22.3 Å². The smallest absolute Gasteiger partial charge is 0.368 e. The summed E-state index contributed by atoms with van der Waals surface area (Å²) in [6.45, 7) is -0.134. The van der Waals surface area contributed by atoms with E-state index < -0.39 is 17.6 Å². The van der Waals surface area contributed by atoms with E-state index in [2.05, 4.69) is 15.1 Å². The van der Waals surface area contributed by atoms with E-state index >= 15 is 0 Å². The molecule has 0 aliphatic carbocycles. The first-order valence-electron chi connectivity index (χ1n) is 9.00. The highest BCUT2D eigenvalue weighted by molar-refractivity contribution is 5.91. The lowest BCUT2D eigenvalue weighted by Gasteiger charge is -2.11. The topological polar surface area (TPSA) is 117 Å². The van der Waals surface area contributed by atoms with Gasteiger partial charge in [-0.1, -0.05) is 6.07 Å². The third-order valence-electron chi connectivity index (χ3n) is 4.65. The maximum Gasteiger partial charge on any atom is 0.419 e. The summed E-state index contributed by atoms with van der Waals surface area (Å²) >= 11 is 0. The van der Waals surface area contributed by atoms with Crippen LogP contribution in [0.15, 0.2) is 42.6 Å². The van der Waals surface area contributed by atoms with Crippen molar-refractivity contribution in [2.75, 3.05) is 5.73 Å². The molecule has 2 aromatic carbocycles. The first-order valence-corrected chi connectivity index (χ1v) is 9.00. The zero-order valence-electron chi connectivity index (χ0n) is 16.0. The molecule has 0 aliphatic rings. The molecule has 158 valence electrons. The molecule has 4 rings (SSSR count). The van der Waals surface area contributed by atoms with Crippen molar-refractivity contribution in [1.29, 1.82) is 10.5 Å². The molecule has 32 heavy (non-hydrogen) atoms. The molecule has 11 heteroatoms. The minimum absolute atomic E-state index is 0.134. The molecule has 0 amide bonds. The normalized spacial score (nSPS) is 11.3. The molecule has 0 radical (unpaired) electrons. The number of fused-ring (bicyclic) bond motifs is 1. The molecule has 2 heterocycles. The Labute approximate surface area is 178 Å². The van der Waals surface area contributed by atoms with Gasteiger partial charge in [-0.2, -0.15) is 33.8 Å². The summed E-state index contributed by atoms with van der Waals surface area (Å²) < 4.78 is 54.0. The van der Waals surface area contributed by atoms with Gasteiger partial charge in [0, 0.05) is 5.56 Å². The van der Waals surface area contributed by atoms with Crippen molar-refractivity contribution in [3.8, 4) is 23.4 Å². The number of anilines is 1. The highest BCUT2D eigenvalue weighted by Crippen LogP contribution is 2.33. The first-order chi connectivity index (χ1) is 15.2. The van der Waals surface area contributed by atoms with E-state index in [1.165, 1.54) is 35.1 Å². The van der Waals surface area contributed by atoms with Crippen molar-refractivity contribution in [3.05, 3.63) is 70.7 Å². The molecule has 0 bridgehead atoms. The summed E-state index contributed by atoms with van der Waals surface area (Å²) in [6.07, 6.45) is -3.43. The number of aromatic nitrogens is 4. The van der Waals surface area contributed by atoms with Gasteiger partial charge in [0.05, 0.1) is 52.7 Å². The van der Waals surface area contributed by atoms with Gasteiger partial charge in [0.1, 0.15) is 5.82 Å². The fourth-order valence-electron chi connectivity index (χ4n) is 3.26. The van der Waals surface area contributed by atoms with Gasteiger partial charge in [0.15, 0.2) is 5.65 Å². The molecule has 0 fully saturated rings. The maximum absolute atomic E-state index is 13.6. The fraction of sp³-hybridized carbons (Fsp3) is 0.0952.